The monoisotopic (exact) mass is 331 g/mol. The Labute approximate surface area is 132 Å². The Balaban J connectivity index is 1.97. The number of benzene rings is 1. The van der Waals surface area contributed by atoms with Gasteiger partial charge >= 0.3 is 0 Å². The molecule has 0 radical (unpaired) electrons. The van der Waals surface area contributed by atoms with E-state index in [0.717, 1.165) is 11.6 Å². The number of halogens is 2. The number of nitrogens with zero attached hydrogens (tertiary/aromatic N) is 2. The number of hydrogen-bond donors (Lipinski definition) is 1. The highest BCUT2D eigenvalue weighted by Gasteiger charge is 2.10. The molecule has 7 heteroatoms. The molecule has 0 unspecified atom stereocenters. The second-order valence-corrected chi connectivity index (χ2v) is 6.45. The molecule has 1 aromatic carbocycles. The maximum absolute atomic E-state index is 6.06. The highest BCUT2D eigenvalue weighted by molar-refractivity contribution is 7.13. The molecule has 0 saturated carbocycles. The molecule has 0 aliphatic heterocycles. The topological polar surface area (TPSA) is 47.0 Å². The van der Waals surface area contributed by atoms with Gasteiger partial charge in [-0.3, -0.25) is 0 Å². The number of aromatic nitrogens is 2. The van der Waals surface area contributed by atoms with Crippen LogP contribution >= 0.6 is 34.5 Å². The summed E-state index contributed by atoms with van der Waals surface area (Å²) >= 11 is 13.4. The Kier molecular flexibility index (Phi) is 5.60. The average Bonchev–Trinajstić information content (AvgIpc) is 2.82. The van der Waals surface area contributed by atoms with Gasteiger partial charge in [-0.1, -0.05) is 59.6 Å². The Morgan fingerprint density at radius 1 is 1.30 bits per heavy atom. The van der Waals surface area contributed by atoms with E-state index in [-0.39, 0.29) is 0 Å². The molecule has 0 atom stereocenters. The van der Waals surface area contributed by atoms with E-state index < -0.39 is 0 Å². The molecule has 2 rings (SSSR count). The normalized spacial score (nSPS) is 11.1. The van der Waals surface area contributed by atoms with Gasteiger partial charge in [-0.25, -0.2) is 0 Å². The van der Waals surface area contributed by atoms with Crippen molar-refractivity contribution in [1.29, 1.82) is 0 Å². The molecular formula is C13H15Cl2N3OS. The molecule has 0 saturated heterocycles. The highest BCUT2D eigenvalue weighted by Crippen LogP contribution is 2.35. The van der Waals surface area contributed by atoms with Gasteiger partial charge in [0.1, 0.15) is 10.0 Å². The summed E-state index contributed by atoms with van der Waals surface area (Å²) in [5, 5.41) is 13.5. The molecule has 2 aromatic rings. The summed E-state index contributed by atoms with van der Waals surface area (Å²) in [4.78, 5) is 0. The first-order valence-electron chi connectivity index (χ1n) is 6.21. The zero-order chi connectivity index (χ0) is 14.5. The van der Waals surface area contributed by atoms with Gasteiger partial charge in [-0.2, -0.15) is 0 Å². The number of hydrogen-bond acceptors (Lipinski definition) is 5. The molecule has 20 heavy (non-hydrogen) atoms. The average molecular weight is 332 g/mol. The van der Waals surface area contributed by atoms with Crippen molar-refractivity contribution in [3.05, 3.63) is 33.3 Å². The van der Waals surface area contributed by atoms with Crippen molar-refractivity contribution in [1.82, 2.24) is 15.5 Å². The molecule has 0 aliphatic rings. The van der Waals surface area contributed by atoms with Crippen LogP contribution in [0.4, 0.5) is 0 Å². The maximum Gasteiger partial charge on any atom is 0.299 e. The summed E-state index contributed by atoms with van der Waals surface area (Å²) in [5.74, 6) is 1.08. The molecule has 1 aromatic heterocycles. The van der Waals surface area contributed by atoms with Crippen LogP contribution in [-0.2, 0) is 6.54 Å². The molecular weight excluding hydrogens is 317 g/mol. The largest absolute Gasteiger partial charge is 0.428 e. The first-order chi connectivity index (χ1) is 9.56. The zero-order valence-electron chi connectivity index (χ0n) is 11.2. The summed E-state index contributed by atoms with van der Waals surface area (Å²) in [5.41, 5.74) is 0. The van der Waals surface area contributed by atoms with Gasteiger partial charge in [0.15, 0.2) is 5.75 Å². The molecule has 108 valence electrons. The minimum Gasteiger partial charge on any atom is -0.428 e. The van der Waals surface area contributed by atoms with Crippen molar-refractivity contribution in [3.8, 4) is 10.9 Å². The third kappa shape index (κ3) is 4.31. The molecule has 0 aliphatic carbocycles. The van der Waals surface area contributed by atoms with Gasteiger partial charge in [0.2, 0.25) is 0 Å². The quantitative estimate of drug-likeness (QED) is 0.853. The SMILES string of the molecule is CC(C)CNCc1nnc(Oc2cccc(Cl)c2Cl)s1. The van der Waals surface area contributed by atoms with Crippen LogP contribution in [0.1, 0.15) is 18.9 Å². The van der Waals surface area contributed by atoms with Crippen molar-refractivity contribution in [2.24, 2.45) is 5.92 Å². The van der Waals surface area contributed by atoms with Crippen LogP contribution in [0.2, 0.25) is 10.0 Å². The third-order valence-electron chi connectivity index (χ3n) is 2.39. The van der Waals surface area contributed by atoms with Crippen LogP contribution in [0.5, 0.6) is 10.9 Å². The lowest BCUT2D eigenvalue weighted by Crippen LogP contribution is -2.18. The van der Waals surface area contributed by atoms with E-state index in [9.17, 15) is 0 Å². The van der Waals surface area contributed by atoms with Crippen LogP contribution in [0, 0.1) is 5.92 Å². The lowest BCUT2D eigenvalue weighted by molar-refractivity contribution is 0.473. The molecule has 0 fully saturated rings. The van der Waals surface area contributed by atoms with Crippen LogP contribution in [0.3, 0.4) is 0 Å². The van der Waals surface area contributed by atoms with E-state index in [0.29, 0.717) is 33.5 Å². The van der Waals surface area contributed by atoms with E-state index in [1.54, 1.807) is 18.2 Å². The van der Waals surface area contributed by atoms with Crippen molar-refractivity contribution >= 4 is 34.5 Å². The highest BCUT2D eigenvalue weighted by atomic mass is 35.5. The summed E-state index contributed by atoms with van der Waals surface area (Å²) in [6.45, 7) is 5.93. The van der Waals surface area contributed by atoms with Gasteiger partial charge < -0.3 is 10.1 Å². The van der Waals surface area contributed by atoms with E-state index >= 15 is 0 Å². The fourth-order valence-electron chi connectivity index (χ4n) is 1.48. The lowest BCUT2D eigenvalue weighted by Gasteiger charge is -2.04. The Morgan fingerprint density at radius 2 is 2.10 bits per heavy atom. The van der Waals surface area contributed by atoms with Gasteiger partial charge in [0, 0.05) is 6.54 Å². The summed E-state index contributed by atoms with van der Waals surface area (Å²) in [6, 6.07) is 5.22. The number of nitrogens with one attached hydrogen (secondary N) is 1. The minimum absolute atomic E-state index is 0.379. The summed E-state index contributed by atoms with van der Waals surface area (Å²) in [6.07, 6.45) is 0. The summed E-state index contributed by atoms with van der Waals surface area (Å²) < 4.78 is 5.60. The smallest absolute Gasteiger partial charge is 0.299 e. The van der Waals surface area contributed by atoms with Crippen LogP contribution in [0.15, 0.2) is 18.2 Å². The predicted molar refractivity (Wildman–Crippen MR) is 83.0 cm³/mol. The Bertz CT molecular complexity index is 574. The zero-order valence-corrected chi connectivity index (χ0v) is 13.5. The molecule has 0 spiro atoms. The van der Waals surface area contributed by atoms with Crippen molar-refractivity contribution in [2.45, 2.75) is 20.4 Å². The van der Waals surface area contributed by atoms with Crippen molar-refractivity contribution in [3.63, 3.8) is 0 Å². The lowest BCUT2D eigenvalue weighted by atomic mass is 10.2. The van der Waals surface area contributed by atoms with E-state index in [1.165, 1.54) is 11.3 Å². The Morgan fingerprint density at radius 3 is 2.85 bits per heavy atom. The predicted octanol–water partition coefficient (Wildman–Crippen LogP) is 4.38. The first-order valence-corrected chi connectivity index (χ1v) is 7.78. The maximum atomic E-state index is 6.06. The van der Waals surface area contributed by atoms with E-state index in [2.05, 4.69) is 29.4 Å². The van der Waals surface area contributed by atoms with Crippen molar-refractivity contribution < 1.29 is 4.74 Å². The third-order valence-corrected chi connectivity index (χ3v) is 3.99. The molecule has 0 bridgehead atoms. The van der Waals surface area contributed by atoms with Gasteiger partial charge in [-0.05, 0) is 24.6 Å². The van der Waals surface area contributed by atoms with Crippen molar-refractivity contribution in [2.75, 3.05) is 6.54 Å². The first kappa shape index (κ1) is 15.5. The summed E-state index contributed by atoms with van der Waals surface area (Å²) in [7, 11) is 0. The van der Waals surface area contributed by atoms with Crippen LogP contribution in [0.25, 0.3) is 0 Å². The second kappa shape index (κ2) is 7.22. The van der Waals surface area contributed by atoms with Gasteiger partial charge in [0.25, 0.3) is 5.19 Å². The minimum atomic E-state index is 0.379. The molecule has 4 nitrogen and oxygen atoms in total. The van der Waals surface area contributed by atoms with Crippen LogP contribution in [-0.4, -0.2) is 16.7 Å². The van der Waals surface area contributed by atoms with Gasteiger partial charge in [0.05, 0.1) is 5.02 Å². The van der Waals surface area contributed by atoms with Gasteiger partial charge in [-0.15, -0.1) is 5.10 Å². The molecule has 1 heterocycles. The fourth-order valence-corrected chi connectivity index (χ4v) is 2.48. The van der Waals surface area contributed by atoms with E-state index in [1.807, 2.05) is 0 Å². The number of rotatable bonds is 6. The second-order valence-electron chi connectivity index (χ2n) is 4.64. The number of ether oxygens (including phenoxy) is 1. The van der Waals surface area contributed by atoms with E-state index in [4.69, 9.17) is 27.9 Å². The molecule has 0 amide bonds. The van der Waals surface area contributed by atoms with Crippen LogP contribution < -0.4 is 10.1 Å². The fraction of sp³-hybridized carbons (Fsp3) is 0.385. The standard InChI is InChI=1S/C13H15Cl2N3OS/c1-8(2)6-16-7-11-17-18-13(20-11)19-10-5-3-4-9(14)12(10)15/h3-5,8,16H,6-7H2,1-2H3. The molecule has 1 N–H and O–H groups in total. The Hall–Kier alpha value is -0.880.